The van der Waals surface area contributed by atoms with E-state index in [4.69, 9.17) is 5.26 Å². The summed E-state index contributed by atoms with van der Waals surface area (Å²) in [6.45, 7) is 4.03. The van der Waals surface area contributed by atoms with E-state index in [0.717, 1.165) is 25.2 Å². The van der Waals surface area contributed by atoms with Crippen molar-refractivity contribution in [1.29, 1.82) is 5.26 Å². The largest absolute Gasteiger partial charge is 0.306 e. The normalized spacial score (nSPS) is 21.7. The van der Waals surface area contributed by atoms with Crippen LogP contribution in [0.5, 0.6) is 0 Å². The van der Waals surface area contributed by atoms with Crippen molar-refractivity contribution in [3.63, 3.8) is 0 Å². The van der Waals surface area contributed by atoms with Gasteiger partial charge in [-0.25, -0.2) is 9.97 Å². The molecule has 0 radical (unpaired) electrons. The predicted octanol–water partition coefficient (Wildman–Crippen LogP) is 1.47. The molecule has 1 atom stereocenters. The van der Waals surface area contributed by atoms with E-state index in [9.17, 15) is 0 Å². The summed E-state index contributed by atoms with van der Waals surface area (Å²) >= 11 is 0. The maximum Gasteiger partial charge on any atom is 0.144 e. The fraction of sp³-hybridized carbons (Fsp3) is 0.583. The number of likely N-dealkylation sites (tertiary alicyclic amines) is 1. The summed E-state index contributed by atoms with van der Waals surface area (Å²) in [5, 5.41) is 8.89. The van der Waals surface area contributed by atoms with E-state index in [1.54, 1.807) is 0 Å². The topological polar surface area (TPSA) is 52.8 Å². The fourth-order valence-electron chi connectivity index (χ4n) is 2.27. The van der Waals surface area contributed by atoms with Crippen LogP contribution in [0.4, 0.5) is 0 Å². The van der Waals surface area contributed by atoms with Gasteiger partial charge in [0.2, 0.25) is 0 Å². The molecule has 0 amide bonds. The Bertz CT molecular complexity index is 422. The minimum absolute atomic E-state index is 0.451. The van der Waals surface area contributed by atoms with Crippen LogP contribution >= 0.6 is 0 Å². The molecule has 84 valence electrons. The Balaban J connectivity index is 2.26. The predicted molar refractivity (Wildman–Crippen MR) is 61.0 cm³/mol. The van der Waals surface area contributed by atoms with Gasteiger partial charge in [-0.15, -0.1) is 0 Å². The van der Waals surface area contributed by atoms with Crippen LogP contribution < -0.4 is 0 Å². The molecule has 1 fully saturated rings. The van der Waals surface area contributed by atoms with Crippen molar-refractivity contribution < 1.29 is 0 Å². The smallest absolute Gasteiger partial charge is 0.144 e. The first-order chi connectivity index (χ1) is 7.69. The van der Waals surface area contributed by atoms with E-state index in [1.807, 2.05) is 13.0 Å². The van der Waals surface area contributed by atoms with Gasteiger partial charge in [0.05, 0.1) is 0 Å². The second-order valence-electron chi connectivity index (χ2n) is 4.44. The first-order valence-corrected chi connectivity index (χ1v) is 5.63. The molecule has 1 saturated heterocycles. The quantitative estimate of drug-likeness (QED) is 0.713. The third-order valence-electron chi connectivity index (χ3n) is 3.02. The average Bonchev–Trinajstić information content (AvgIpc) is 2.28. The van der Waals surface area contributed by atoms with Gasteiger partial charge in [0.15, 0.2) is 0 Å². The summed E-state index contributed by atoms with van der Waals surface area (Å²) in [6, 6.07) is 3.92. The number of nitriles is 1. The van der Waals surface area contributed by atoms with Gasteiger partial charge in [-0.3, -0.25) is 0 Å². The highest BCUT2D eigenvalue weighted by molar-refractivity contribution is 5.25. The molecule has 0 saturated carbocycles. The van der Waals surface area contributed by atoms with Gasteiger partial charge < -0.3 is 4.90 Å². The molecule has 0 bridgehead atoms. The zero-order chi connectivity index (χ0) is 11.5. The molecule has 16 heavy (non-hydrogen) atoms. The highest BCUT2D eigenvalue weighted by Gasteiger charge is 2.20. The molecule has 2 rings (SSSR count). The monoisotopic (exact) mass is 216 g/mol. The Hall–Kier alpha value is -1.47. The van der Waals surface area contributed by atoms with Crippen molar-refractivity contribution in [2.75, 3.05) is 20.1 Å². The minimum Gasteiger partial charge on any atom is -0.306 e. The number of hydrogen-bond acceptors (Lipinski definition) is 4. The lowest BCUT2D eigenvalue weighted by Gasteiger charge is -2.29. The number of aryl methyl sites for hydroxylation is 1. The van der Waals surface area contributed by atoms with E-state index in [2.05, 4.69) is 28.0 Å². The van der Waals surface area contributed by atoms with Gasteiger partial charge in [0, 0.05) is 18.2 Å². The van der Waals surface area contributed by atoms with E-state index in [-0.39, 0.29) is 0 Å². The minimum atomic E-state index is 0.451. The van der Waals surface area contributed by atoms with Crippen molar-refractivity contribution >= 4 is 0 Å². The van der Waals surface area contributed by atoms with Crippen molar-refractivity contribution in [1.82, 2.24) is 14.9 Å². The Morgan fingerprint density at radius 3 is 3.00 bits per heavy atom. The Labute approximate surface area is 95.9 Å². The van der Waals surface area contributed by atoms with Crippen LogP contribution in [0, 0.1) is 18.3 Å². The van der Waals surface area contributed by atoms with E-state index >= 15 is 0 Å². The first kappa shape index (κ1) is 11.0. The summed E-state index contributed by atoms with van der Waals surface area (Å²) in [4.78, 5) is 10.8. The molecule has 0 spiro atoms. The number of rotatable bonds is 1. The van der Waals surface area contributed by atoms with E-state index in [0.29, 0.717) is 17.4 Å². The van der Waals surface area contributed by atoms with Crippen LogP contribution in [0.2, 0.25) is 0 Å². The van der Waals surface area contributed by atoms with Crippen LogP contribution in [0.25, 0.3) is 0 Å². The standard InChI is InChI=1S/C12H16N4/c1-9-14-11(7-13)6-12(15-9)10-4-3-5-16(2)8-10/h6,10H,3-5,8H2,1-2H3. The highest BCUT2D eigenvalue weighted by Crippen LogP contribution is 2.24. The maximum atomic E-state index is 8.89. The fourth-order valence-corrected chi connectivity index (χ4v) is 2.27. The molecule has 0 aromatic carbocycles. The van der Waals surface area contributed by atoms with Gasteiger partial charge in [-0.1, -0.05) is 0 Å². The number of piperidine rings is 1. The molecular weight excluding hydrogens is 200 g/mol. The van der Waals surface area contributed by atoms with Crippen LogP contribution in [-0.4, -0.2) is 35.0 Å². The summed E-state index contributed by atoms with van der Waals surface area (Å²) in [5.74, 6) is 1.15. The van der Waals surface area contributed by atoms with E-state index < -0.39 is 0 Å². The average molecular weight is 216 g/mol. The number of nitrogens with zero attached hydrogens (tertiary/aromatic N) is 4. The van der Waals surface area contributed by atoms with Gasteiger partial charge >= 0.3 is 0 Å². The highest BCUT2D eigenvalue weighted by atomic mass is 15.1. The van der Waals surface area contributed by atoms with Crippen LogP contribution in [0.15, 0.2) is 6.07 Å². The molecule has 4 nitrogen and oxygen atoms in total. The molecule has 1 aromatic heterocycles. The van der Waals surface area contributed by atoms with Gasteiger partial charge in [0.1, 0.15) is 17.6 Å². The molecule has 0 N–H and O–H groups in total. The number of hydrogen-bond donors (Lipinski definition) is 0. The summed E-state index contributed by atoms with van der Waals surface area (Å²) < 4.78 is 0. The lowest BCUT2D eigenvalue weighted by molar-refractivity contribution is 0.248. The molecule has 1 unspecified atom stereocenters. The van der Waals surface area contributed by atoms with Crippen LogP contribution in [-0.2, 0) is 0 Å². The lowest BCUT2D eigenvalue weighted by Crippen LogP contribution is -2.31. The molecule has 0 aliphatic carbocycles. The SMILES string of the molecule is Cc1nc(C#N)cc(C2CCCN(C)C2)n1. The van der Waals surface area contributed by atoms with Gasteiger partial charge in [-0.2, -0.15) is 5.26 Å². The summed E-state index contributed by atoms with van der Waals surface area (Å²) in [7, 11) is 2.13. The second-order valence-corrected chi connectivity index (χ2v) is 4.44. The summed E-state index contributed by atoms with van der Waals surface area (Å²) in [5.41, 5.74) is 1.51. The van der Waals surface area contributed by atoms with Crippen molar-refractivity contribution in [3.8, 4) is 6.07 Å². The van der Waals surface area contributed by atoms with Crippen molar-refractivity contribution in [3.05, 3.63) is 23.3 Å². The van der Waals surface area contributed by atoms with E-state index in [1.165, 1.54) is 6.42 Å². The van der Waals surface area contributed by atoms with Crippen LogP contribution in [0.3, 0.4) is 0 Å². The molecule has 1 aliphatic heterocycles. The lowest BCUT2D eigenvalue weighted by atomic mass is 9.94. The Morgan fingerprint density at radius 1 is 1.50 bits per heavy atom. The molecule has 1 aliphatic rings. The van der Waals surface area contributed by atoms with Crippen molar-refractivity contribution in [2.45, 2.75) is 25.7 Å². The number of likely N-dealkylation sites (N-methyl/N-ethyl adjacent to an activating group) is 1. The van der Waals surface area contributed by atoms with Crippen LogP contribution in [0.1, 0.15) is 36.0 Å². The molecule has 2 heterocycles. The van der Waals surface area contributed by atoms with Crippen molar-refractivity contribution in [2.24, 2.45) is 0 Å². The van der Waals surface area contributed by atoms with Gasteiger partial charge in [-0.05, 0) is 39.4 Å². The third-order valence-corrected chi connectivity index (χ3v) is 3.02. The molecule has 4 heteroatoms. The third kappa shape index (κ3) is 2.37. The molecule has 1 aromatic rings. The van der Waals surface area contributed by atoms with Gasteiger partial charge in [0.25, 0.3) is 0 Å². The Kier molecular flexibility index (Phi) is 3.16. The maximum absolute atomic E-state index is 8.89. The molecular formula is C12H16N4. The Morgan fingerprint density at radius 2 is 2.31 bits per heavy atom. The zero-order valence-corrected chi connectivity index (χ0v) is 9.77. The second kappa shape index (κ2) is 4.58. The first-order valence-electron chi connectivity index (χ1n) is 5.63. The zero-order valence-electron chi connectivity index (χ0n) is 9.77. The number of aromatic nitrogens is 2. The summed E-state index contributed by atoms with van der Waals surface area (Å²) in [6.07, 6.45) is 2.36.